The molecular weight excluding hydrogens is 135 g/mol. The SMILES string of the molecule is Cc1ccccc1.[CH3-].[K+]. The van der Waals surface area contributed by atoms with E-state index >= 15 is 0 Å². The molecule has 0 atom stereocenters. The first kappa shape index (κ1) is 12.5. The monoisotopic (exact) mass is 146 g/mol. The second kappa shape index (κ2) is 6.97. The molecule has 0 amide bonds. The summed E-state index contributed by atoms with van der Waals surface area (Å²) in [5, 5.41) is 0. The largest absolute Gasteiger partial charge is 1.00 e. The van der Waals surface area contributed by atoms with Gasteiger partial charge in [0.25, 0.3) is 0 Å². The van der Waals surface area contributed by atoms with Crippen molar-refractivity contribution in [3.63, 3.8) is 0 Å². The first-order chi connectivity index (χ1) is 3.39. The summed E-state index contributed by atoms with van der Waals surface area (Å²) in [7, 11) is 0. The molecule has 0 aliphatic carbocycles. The second-order valence-corrected chi connectivity index (χ2v) is 1.65. The summed E-state index contributed by atoms with van der Waals surface area (Å²) in [5.74, 6) is 0. The summed E-state index contributed by atoms with van der Waals surface area (Å²) < 4.78 is 0. The third-order valence-corrected chi connectivity index (χ3v) is 0.940. The van der Waals surface area contributed by atoms with E-state index < -0.39 is 0 Å². The fourth-order valence-corrected chi connectivity index (χ4v) is 0.534. The molecule has 0 aromatic heterocycles. The summed E-state index contributed by atoms with van der Waals surface area (Å²) in [5.41, 5.74) is 1.32. The van der Waals surface area contributed by atoms with Crippen LogP contribution in [0.4, 0.5) is 0 Å². The molecule has 1 rings (SSSR count). The second-order valence-electron chi connectivity index (χ2n) is 1.65. The minimum absolute atomic E-state index is 0. The first-order valence-corrected chi connectivity index (χ1v) is 2.41. The zero-order valence-electron chi connectivity index (χ0n) is 6.39. The van der Waals surface area contributed by atoms with E-state index in [1.54, 1.807) is 0 Å². The summed E-state index contributed by atoms with van der Waals surface area (Å²) in [6.07, 6.45) is 0. The van der Waals surface area contributed by atoms with Crippen LogP contribution in [0.5, 0.6) is 0 Å². The zero-order chi connectivity index (χ0) is 5.11. The van der Waals surface area contributed by atoms with Gasteiger partial charge in [0.1, 0.15) is 0 Å². The molecule has 0 aliphatic heterocycles. The number of hydrogen-bond acceptors (Lipinski definition) is 0. The standard InChI is InChI=1S/C7H8.CH3.K/c1-7-5-3-2-4-6-7;;/h2-6H,1H3;1H3;/q;-1;+1. The normalized spacial score (nSPS) is 6.78. The van der Waals surface area contributed by atoms with Gasteiger partial charge >= 0.3 is 51.4 Å². The van der Waals surface area contributed by atoms with E-state index in [4.69, 9.17) is 0 Å². The predicted molar refractivity (Wildman–Crippen MR) is 37.6 cm³/mol. The van der Waals surface area contributed by atoms with Gasteiger partial charge in [-0.15, -0.1) is 0 Å². The van der Waals surface area contributed by atoms with Crippen LogP contribution in [0.2, 0.25) is 0 Å². The van der Waals surface area contributed by atoms with Crippen molar-refractivity contribution in [3.8, 4) is 0 Å². The van der Waals surface area contributed by atoms with Crippen LogP contribution in [-0.2, 0) is 0 Å². The van der Waals surface area contributed by atoms with Crippen molar-refractivity contribution in [2.75, 3.05) is 0 Å². The van der Waals surface area contributed by atoms with Gasteiger partial charge in [-0.05, 0) is 6.92 Å². The average molecular weight is 146 g/mol. The molecule has 1 aromatic rings. The molecule has 0 saturated carbocycles. The van der Waals surface area contributed by atoms with Crippen molar-refractivity contribution >= 4 is 0 Å². The predicted octanol–water partition coefficient (Wildman–Crippen LogP) is -0.551. The van der Waals surface area contributed by atoms with Crippen LogP contribution in [0.15, 0.2) is 30.3 Å². The Labute approximate surface area is 100 Å². The van der Waals surface area contributed by atoms with E-state index in [9.17, 15) is 0 Å². The Morgan fingerprint density at radius 1 is 1.00 bits per heavy atom. The molecule has 9 heavy (non-hydrogen) atoms. The molecule has 0 fully saturated rings. The summed E-state index contributed by atoms with van der Waals surface area (Å²) in [4.78, 5) is 0. The van der Waals surface area contributed by atoms with Gasteiger partial charge in [-0.1, -0.05) is 35.9 Å². The minimum atomic E-state index is 0. The fourth-order valence-electron chi connectivity index (χ4n) is 0.534. The summed E-state index contributed by atoms with van der Waals surface area (Å²) in [6.45, 7) is 2.08. The molecule has 1 aromatic carbocycles. The van der Waals surface area contributed by atoms with Crippen LogP contribution in [0.1, 0.15) is 5.56 Å². The Morgan fingerprint density at radius 3 is 1.67 bits per heavy atom. The Bertz CT molecular complexity index is 134. The van der Waals surface area contributed by atoms with Crippen molar-refractivity contribution in [2.24, 2.45) is 0 Å². The fraction of sp³-hybridized carbons (Fsp3) is 0.125. The van der Waals surface area contributed by atoms with Crippen LogP contribution in [0, 0.1) is 14.4 Å². The van der Waals surface area contributed by atoms with Gasteiger partial charge in [0.2, 0.25) is 0 Å². The minimum Gasteiger partial charge on any atom is -0.358 e. The molecule has 0 saturated heterocycles. The third kappa shape index (κ3) is 5.31. The number of aryl methyl sites for hydroxylation is 1. The number of hydrogen-bond donors (Lipinski definition) is 0. The molecule has 0 aliphatic rings. The van der Waals surface area contributed by atoms with E-state index in [1.807, 2.05) is 18.2 Å². The van der Waals surface area contributed by atoms with Crippen molar-refractivity contribution in [3.05, 3.63) is 43.3 Å². The van der Waals surface area contributed by atoms with Gasteiger partial charge in [0.15, 0.2) is 0 Å². The van der Waals surface area contributed by atoms with Crippen LogP contribution >= 0.6 is 0 Å². The maximum absolute atomic E-state index is 2.08. The molecule has 0 radical (unpaired) electrons. The summed E-state index contributed by atoms with van der Waals surface area (Å²) >= 11 is 0. The molecule has 44 valence electrons. The van der Waals surface area contributed by atoms with Crippen LogP contribution in [0.3, 0.4) is 0 Å². The summed E-state index contributed by atoms with van der Waals surface area (Å²) in [6, 6.07) is 10.3. The molecule has 0 nitrogen and oxygen atoms in total. The Kier molecular flexibility index (Phi) is 9.70. The molecule has 0 N–H and O–H groups in total. The maximum atomic E-state index is 2.08. The van der Waals surface area contributed by atoms with Gasteiger partial charge in [-0.3, -0.25) is 0 Å². The number of rotatable bonds is 0. The quantitative estimate of drug-likeness (QED) is 0.340. The third-order valence-electron chi connectivity index (χ3n) is 0.940. The zero-order valence-corrected chi connectivity index (χ0v) is 9.51. The van der Waals surface area contributed by atoms with E-state index in [-0.39, 0.29) is 58.8 Å². The van der Waals surface area contributed by atoms with Crippen molar-refractivity contribution in [1.29, 1.82) is 0 Å². The van der Waals surface area contributed by atoms with E-state index in [0.29, 0.717) is 0 Å². The van der Waals surface area contributed by atoms with Gasteiger partial charge in [-0.25, -0.2) is 0 Å². The first-order valence-electron chi connectivity index (χ1n) is 2.41. The molecule has 0 heterocycles. The van der Waals surface area contributed by atoms with Gasteiger partial charge < -0.3 is 7.43 Å². The van der Waals surface area contributed by atoms with Crippen molar-refractivity contribution in [1.82, 2.24) is 0 Å². The average Bonchev–Trinajstić information content (AvgIpc) is 1.69. The smallest absolute Gasteiger partial charge is 0.358 e. The topological polar surface area (TPSA) is 0 Å². The molecular formula is C8H11K. The van der Waals surface area contributed by atoms with E-state index in [0.717, 1.165) is 0 Å². The van der Waals surface area contributed by atoms with Gasteiger partial charge in [0.05, 0.1) is 0 Å². The van der Waals surface area contributed by atoms with E-state index in [1.165, 1.54) is 5.56 Å². The Balaban J connectivity index is 0. The van der Waals surface area contributed by atoms with Gasteiger partial charge in [0, 0.05) is 0 Å². The Hall–Kier alpha value is 0.856. The molecule has 1 heteroatoms. The molecule has 0 unspecified atom stereocenters. The number of benzene rings is 1. The molecule has 0 bridgehead atoms. The van der Waals surface area contributed by atoms with E-state index in [2.05, 4.69) is 19.1 Å². The van der Waals surface area contributed by atoms with Crippen molar-refractivity contribution < 1.29 is 51.4 Å². The maximum Gasteiger partial charge on any atom is 1.00 e. The van der Waals surface area contributed by atoms with Crippen LogP contribution < -0.4 is 51.4 Å². The van der Waals surface area contributed by atoms with Crippen LogP contribution in [-0.4, -0.2) is 0 Å². The van der Waals surface area contributed by atoms with Crippen molar-refractivity contribution in [2.45, 2.75) is 6.92 Å². The Morgan fingerprint density at radius 2 is 1.44 bits per heavy atom. The van der Waals surface area contributed by atoms with Crippen LogP contribution in [0.25, 0.3) is 0 Å². The molecule has 0 spiro atoms. The van der Waals surface area contributed by atoms with Gasteiger partial charge in [-0.2, -0.15) is 0 Å².